The Bertz CT molecular complexity index is 621. The molecule has 7 heteroatoms. The molecule has 2 saturated heterocycles. The minimum atomic E-state index is 0.0307. The molecule has 1 amide bonds. The number of carbonyl (C=O) groups is 1. The predicted octanol–water partition coefficient (Wildman–Crippen LogP) is 1.95. The number of aromatic nitrogens is 1. The second kappa shape index (κ2) is 7.61. The number of nitrogens with zero attached hydrogens (tertiary/aromatic N) is 3. The quantitative estimate of drug-likeness (QED) is 0.599. The first kappa shape index (κ1) is 16.7. The molecule has 2 aliphatic heterocycles. The summed E-state index contributed by atoms with van der Waals surface area (Å²) in [5, 5.41) is 0. The molecule has 5 nitrogen and oxygen atoms in total. The summed E-state index contributed by atoms with van der Waals surface area (Å²) in [5.74, 6) is 0.0307. The fourth-order valence-electron chi connectivity index (χ4n) is 2.73. The van der Waals surface area contributed by atoms with Gasteiger partial charge in [0.05, 0.1) is 18.1 Å². The van der Waals surface area contributed by atoms with E-state index in [1.54, 1.807) is 4.90 Å². The molecule has 3 rings (SSSR count). The first-order valence-electron chi connectivity index (χ1n) is 7.82. The van der Waals surface area contributed by atoms with E-state index in [-0.39, 0.29) is 5.91 Å². The van der Waals surface area contributed by atoms with Crippen LogP contribution in [0.1, 0.15) is 12.1 Å². The van der Waals surface area contributed by atoms with E-state index in [4.69, 9.17) is 17.0 Å². The number of amides is 1. The van der Waals surface area contributed by atoms with Gasteiger partial charge in [0.1, 0.15) is 4.32 Å². The predicted molar refractivity (Wildman–Crippen MR) is 97.2 cm³/mol. The summed E-state index contributed by atoms with van der Waals surface area (Å²) < 4.78 is 8.00. The highest BCUT2D eigenvalue weighted by atomic mass is 32.2. The van der Waals surface area contributed by atoms with Crippen molar-refractivity contribution in [3.63, 3.8) is 0 Å². The number of morpholine rings is 1. The van der Waals surface area contributed by atoms with E-state index >= 15 is 0 Å². The van der Waals surface area contributed by atoms with Crippen molar-refractivity contribution in [2.45, 2.75) is 6.42 Å². The maximum Gasteiger partial charge on any atom is 0.266 e. The van der Waals surface area contributed by atoms with Crippen LogP contribution in [0.2, 0.25) is 0 Å². The third-order valence-electron chi connectivity index (χ3n) is 4.10. The van der Waals surface area contributed by atoms with E-state index in [1.165, 1.54) is 11.8 Å². The van der Waals surface area contributed by atoms with Crippen LogP contribution < -0.4 is 0 Å². The maximum atomic E-state index is 12.5. The van der Waals surface area contributed by atoms with Gasteiger partial charge in [0, 0.05) is 45.1 Å². The highest BCUT2D eigenvalue weighted by Gasteiger charge is 2.31. The first-order valence-corrected chi connectivity index (χ1v) is 9.04. The van der Waals surface area contributed by atoms with Gasteiger partial charge in [-0.2, -0.15) is 0 Å². The Morgan fingerprint density at radius 2 is 2.13 bits per heavy atom. The number of aryl methyl sites for hydroxylation is 1. The largest absolute Gasteiger partial charge is 0.379 e. The molecule has 0 atom stereocenters. The average Bonchev–Trinajstić information content (AvgIpc) is 3.07. The van der Waals surface area contributed by atoms with Gasteiger partial charge < -0.3 is 9.30 Å². The van der Waals surface area contributed by atoms with Crippen LogP contribution in [-0.2, 0) is 16.6 Å². The number of rotatable bonds is 5. The van der Waals surface area contributed by atoms with E-state index in [1.807, 2.05) is 36.0 Å². The highest BCUT2D eigenvalue weighted by molar-refractivity contribution is 8.26. The monoisotopic (exact) mass is 351 g/mol. The van der Waals surface area contributed by atoms with Gasteiger partial charge in [0.2, 0.25) is 0 Å². The molecular formula is C16H21N3O2S2. The van der Waals surface area contributed by atoms with Gasteiger partial charge in [-0.25, -0.2) is 0 Å². The minimum absolute atomic E-state index is 0.0307. The van der Waals surface area contributed by atoms with Crippen molar-refractivity contribution in [1.29, 1.82) is 0 Å². The Morgan fingerprint density at radius 1 is 1.35 bits per heavy atom. The normalized spacial score (nSPS) is 21.6. The summed E-state index contributed by atoms with van der Waals surface area (Å²) in [6.45, 7) is 5.24. The molecule has 0 saturated carbocycles. The number of hydrogen-bond acceptors (Lipinski definition) is 5. The minimum Gasteiger partial charge on any atom is -0.379 e. The lowest BCUT2D eigenvalue weighted by atomic mass is 10.3. The molecule has 0 bridgehead atoms. The summed E-state index contributed by atoms with van der Waals surface area (Å²) in [4.78, 5) is 17.4. The van der Waals surface area contributed by atoms with Crippen molar-refractivity contribution in [1.82, 2.24) is 14.4 Å². The van der Waals surface area contributed by atoms with Crippen molar-refractivity contribution in [2.24, 2.45) is 7.05 Å². The summed E-state index contributed by atoms with van der Waals surface area (Å²) in [5.41, 5.74) is 1.01. The average molecular weight is 351 g/mol. The molecule has 1 aromatic heterocycles. The van der Waals surface area contributed by atoms with Gasteiger partial charge in [0.15, 0.2) is 0 Å². The van der Waals surface area contributed by atoms with Crippen LogP contribution in [0.25, 0.3) is 6.08 Å². The molecule has 0 N–H and O–H groups in total. The van der Waals surface area contributed by atoms with Crippen molar-refractivity contribution in [3.8, 4) is 0 Å². The zero-order chi connectivity index (χ0) is 16.2. The Hall–Kier alpha value is -1.15. The zero-order valence-corrected chi connectivity index (χ0v) is 14.9. The molecule has 2 aliphatic rings. The molecule has 0 radical (unpaired) electrons. The number of thioether (sulfide) groups is 1. The van der Waals surface area contributed by atoms with Crippen LogP contribution in [-0.4, -0.2) is 64.0 Å². The van der Waals surface area contributed by atoms with Gasteiger partial charge in [-0.1, -0.05) is 24.0 Å². The molecule has 2 fully saturated rings. The van der Waals surface area contributed by atoms with Gasteiger partial charge in [-0.15, -0.1) is 0 Å². The van der Waals surface area contributed by atoms with Crippen LogP contribution in [0.15, 0.2) is 23.2 Å². The smallest absolute Gasteiger partial charge is 0.266 e. The third-order valence-corrected chi connectivity index (χ3v) is 5.47. The molecule has 0 aliphatic carbocycles. The van der Waals surface area contributed by atoms with E-state index in [0.29, 0.717) is 15.8 Å². The maximum absolute atomic E-state index is 12.5. The van der Waals surface area contributed by atoms with Crippen molar-refractivity contribution in [3.05, 3.63) is 28.9 Å². The summed E-state index contributed by atoms with van der Waals surface area (Å²) >= 11 is 6.78. The molecule has 0 unspecified atom stereocenters. The van der Waals surface area contributed by atoms with E-state index in [2.05, 4.69) is 4.90 Å². The SMILES string of the molecule is Cn1cccc1/C=C1/SC(=S)N(CCCN2CCOCC2)C1=O. The molecular weight excluding hydrogens is 330 g/mol. The second-order valence-corrected chi connectivity index (χ2v) is 7.36. The number of ether oxygens (including phenoxy) is 1. The fraction of sp³-hybridized carbons (Fsp3) is 0.500. The molecule has 0 spiro atoms. The zero-order valence-electron chi connectivity index (χ0n) is 13.2. The summed E-state index contributed by atoms with van der Waals surface area (Å²) in [7, 11) is 1.97. The molecule has 23 heavy (non-hydrogen) atoms. The van der Waals surface area contributed by atoms with Gasteiger partial charge in [0.25, 0.3) is 5.91 Å². The Labute approximate surface area is 146 Å². The summed E-state index contributed by atoms with van der Waals surface area (Å²) in [6, 6.07) is 3.96. The molecule has 0 aromatic carbocycles. The fourth-order valence-corrected chi connectivity index (χ4v) is 4.02. The van der Waals surface area contributed by atoms with Crippen LogP contribution in [0.3, 0.4) is 0 Å². The molecule has 1 aromatic rings. The molecule has 124 valence electrons. The van der Waals surface area contributed by atoms with Crippen LogP contribution in [0.5, 0.6) is 0 Å². The van der Waals surface area contributed by atoms with Crippen LogP contribution in [0, 0.1) is 0 Å². The van der Waals surface area contributed by atoms with Crippen molar-refractivity contribution >= 4 is 40.3 Å². The lowest BCUT2D eigenvalue weighted by molar-refractivity contribution is -0.122. The highest BCUT2D eigenvalue weighted by Crippen LogP contribution is 2.32. The first-order chi connectivity index (χ1) is 11.1. The topological polar surface area (TPSA) is 37.7 Å². The third kappa shape index (κ3) is 4.03. The van der Waals surface area contributed by atoms with Gasteiger partial charge in [-0.05, 0) is 24.6 Å². The number of thiocarbonyl (C=S) groups is 1. The second-order valence-electron chi connectivity index (χ2n) is 5.68. The Kier molecular flexibility index (Phi) is 5.53. The van der Waals surface area contributed by atoms with Crippen LogP contribution >= 0.6 is 24.0 Å². The van der Waals surface area contributed by atoms with Gasteiger partial charge in [-0.3, -0.25) is 14.6 Å². The number of carbonyl (C=O) groups excluding carboxylic acids is 1. The lowest BCUT2D eigenvalue weighted by Gasteiger charge is -2.27. The summed E-state index contributed by atoms with van der Waals surface area (Å²) in [6.07, 6.45) is 4.82. The van der Waals surface area contributed by atoms with Crippen LogP contribution in [0.4, 0.5) is 0 Å². The Morgan fingerprint density at radius 3 is 2.83 bits per heavy atom. The van der Waals surface area contributed by atoms with Crippen molar-refractivity contribution in [2.75, 3.05) is 39.4 Å². The molecule has 3 heterocycles. The van der Waals surface area contributed by atoms with E-state index in [0.717, 1.165) is 45.0 Å². The lowest BCUT2D eigenvalue weighted by Crippen LogP contribution is -2.38. The van der Waals surface area contributed by atoms with E-state index in [9.17, 15) is 4.79 Å². The van der Waals surface area contributed by atoms with E-state index < -0.39 is 0 Å². The van der Waals surface area contributed by atoms with Crippen molar-refractivity contribution < 1.29 is 9.53 Å². The van der Waals surface area contributed by atoms with Gasteiger partial charge >= 0.3 is 0 Å². The number of hydrogen-bond donors (Lipinski definition) is 0. The standard InChI is InChI=1S/C16H21N3O2S2/c1-17-5-2-4-13(17)12-14-15(20)19(16(22)23-14)7-3-6-18-8-10-21-11-9-18/h2,4-5,12H,3,6-11H2,1H3/b14-12+. The Balaban J connectivity index is 1.56.